The molecule has 1 aliphatic heterocycles. The minimum atomic E-state index is 0.960. The lowest BCUT2D eigenvalue weighted by molar-refractivity contribution is 0.662. The van der Waals surface area contributed by atoms with Crippen molar-refractivity contribution in [3.8, 4) is 0 Å². The molecule has 60 valence electrons. The van der Waals surface area contributed by atoms with Crippen molar-refractivity contribution in [2.45, 2.75) is 50.0 Å². The zero-order valence-electron chi connectivity index (χ0n) is 6.80. The maximum absolute atomic E-state index is 2.30. The average Bonchev–Trinajstić information content (AvgIpc) is 2.37. The number of hydrogen-bond donors (Lipinski definition) is 0. The zero-order valence-corrected chi connectivity index (χ0v) is 8.43. The number of rotatable bonds is 3. The van der Waals surface area contributed by atoms with Crippen molar-refractivity contribution in [1.29, 1.82) is 0 Å². The van der Waals surface area contributed by atoms with Crippen LogP contribution in [0.3, 0.4) is 0 Å². The van der Waals surface area contributed by atoms with Crippen molar-refractivity contribution in [1.82, 2.24) is 0 Å². The van der Waals surface area contributed by atoms with Crippen molar-refractivity contribution in [2.24, 2.45) is 0 Å². The molecule has 0 nitrogen and oxygen atoms in total. The molecule has 1 unspecified atom stereocenters. The highest BCUT2D eigenvalue weighted by atomic mass is 33.1. The largest absolute Gasteiger partial charge is 0.0904 e. The predicted molar refractivity (Wildman–Crippen MR) is 52.6 cm³/mol. The summed E-state index contributed by atoms with van der Waals surface area (Å²) < 4.78 is 0. The van der Waals surface area contributed by atoms with Crippen LogP contribution in [0.5, 0.6) is 0 Å². The third-order valence-corrected chi connectivity index (χ3v) is 5.50. The van der Waals surface area contributed by atoms with Crippen LogP contribution in [0.15, 0.2) is 0 Å². The third-order valence-electron chi connectivity index (χ3n) is 1.92. The van der Waals surface area contributed by atoms with Gasteiger partial charge >= 0.3 is 0 Å². The highest BCUT2D eigenvalue weighted by Gasteiger charge is 2.23. The molecule has 0 N–H and O–H groups in total. The van der Waals surface area contributed by atoms with Crippen molar-refractivity contribution in [2.75, 3.05) is 0 Å². The van der Waals surface area contributed by atoms with Crippen molar-refractivity contribution >= 4 is 21.6 Å². The van der Waals surface area contributed by atoms with Crippen LogP contribution in [0.2, 0.25) is 0 Å². The Hall–Kier alpha value is 0.700. The lowest BCUT2D eigenvalue weighted by Gasteiger charge is -2.04. The molecule has 0 aliphatic carbocycles. The summed E-state index contributed by atoms with van der Waals surface area (Å²) in [6, 6.07) is 0. The first kappa shape index (κ1) is 8.79. The van der Waals surface area contributed by atoms with E-state index in [9.17, 15) is 0 Å². The molecule has 10 heavy (non-hydrogen) atoms. The van der Waals surface area contributed by atoms with Gasteiger partial charge in [-0.05, 0) is 19.3 Å². The average molecular weight is 176 g/mol. The molecule has 1 fully saturated rings. The molecule has 0 aromatic heterocycles. The van der Waals surface area contributed by atoms with Gasteiger partial charge in [0.15, 0.2) is 0 Å². The molecule has 0 bridgehead atoms. The van der Waals surface area contributed by atoms with Gasteiger partial charge in [0.05, 0.1) is 0 Å². The predicted octanol–water partition coefficient (Wildman–Crippen LogP) is 3.72. The molecule has 1 heterocycles. The smallest absolute Gasteiger partial charge is 0.0162 e. The Bertz CT molecular complexity index is 93.3. The summed E-state index contributed by atoms with van der Waals surface area (Å²) in [4.78, 5) is 0. The summed E-state index contributed by atoms with van der Waals surface area (Å²) in [6.45, 7) is 4.58. The maximum Gasteiger partial charge on any atom is 0.0162 e. The normalized spacial score (nSPS) is 33.0. The SMILES string of the molecule is CCCC1C[C@@H](CC)SS1. The molecule has 2 heteroatoms. The Morgan fingerprint density at radius 1 is 1.20 bits per heavy atom. The molecular weight excluding hydrogens is 160 g/mol. The summed E-state index contributed by atoms with van der Waals surface area (Å²) in [5, 5.41) is 1.93. The van der Waals surface area contributed by atoms with E-state index in [2.05, 4.69) is 35.4 Å². The molecule has 0 saturated carbocycles. The monoisotopic (exact) mass is 176 g/mol. The fourth-order valence-electron chi connectivity index (χ4n) is 1.25. The van der Waals surface area contributed by atoms with E-state index in [1.807, 2.05) is 0 Å². The molecule has 0 aromatic rings. The topological polar surface area (TPSA) is 0 Å². The summed E-state index contributed by atoms with van der Waals surface area (Å²) >= 11 is 0. The quantitative estimate of drug-likeness (QED) is 0.601. The Kier molecular flexibility index (Phi) is 4.00. The first-order valence-electron chi connectivity index (χ1n) is 4.19. The van der Waals surface area contributed by atoms with Crippen molar-refractivity contribution < 1.29 is 0 Å². The summed E-state index contributed by atoms with van der Waals surface area (Å²) in [6.07, 6.45) is 5.60. The standard InChI is InChI=1S/C8H16S2/c1-3-5-8-6-7(4-2)9-10-8/h7-8H,3-6H2,1-2H3/t7-,8?/m1/s1. The van der Waals surface area contributed by atoms with E-state index in [1.165, 1.54) is 25.7 Å². The third kappa shape index (κ3) is 2.39. The van der Waals surface area contributed by atoms with Gasteiger partial charge < -0.3 is 0 Å². The van der Waals surface area contributed by atoms with Crippen LogP contribution in [0.1, 0.15) is 39.5 Å². The first-order valence-corrected chi connectivity index (χ1v) is 6.46. The van der Waals surface area contributed by atoms with Gasteiger partial charge in [-0.15, -0.1) is 0 Å². The van der Waals surface area contributed by atoms with Gasteiger partial charge in [-0.3, -0.25) is 0 Å². The molecule has 0 amide bonds. The summed E-state index contributed by atoms with van der Waals surface area (Å²) in [5.74, 6) is 0. The van der Waals surface area contributed by atoms with Crippen LogP contribution in [-0.4, -0.2) is 10.5 Å². The molecule has 0 spiro atoms. The van der Waals surface area contributed by atoms with E-state index in [-0.39, 0.29) is 0 Å². The van der Waals surface area contributed by atoms with Gasteiger partial charge in [0.1, 0.15) is 0 Å². The van der Waals surface area contributed by atoms with E-state index in [4.69, 9.17) is 0 Å². The Morgan fingerprint density at radius 2 is 1.90 bits per heavy atom. The van der Waals surface area contributed by atoms with Crippen LogP contribution in [-0.2, 0) is 0 Å². The Labute approximate surface area is 71.9 Å². The molecule has 0 radical (unpaired) electrons. The second-order valence-electron chi connectivity index (χ2n) is 2.87. The summed E-state index contributed by atoms with van der Waals surface area (Å²) in [7, 11) is 4.22. The van der Waals surface area contributed by atoms with E-state index in [0.29, 0.717) is 0 Å². The second kappa shape index (κ2) is 4.55. The van der Waals surface area contributed by atoms with Crippen molar-refractivity contribution in [3.63, 3.8) is 0 Å². The van der Waals surface area contributed by atoms with Crippen molar-refractivity contribution in [3.05, 3.63) is 0 Å². The van der Waals surface area contributed by atoms with Gasteiger partial charge in [-0.2, -0.15) is 0 Å². The molecule has 1 rings (SSSR count). The molecule has 1 saturated heterocycles. The molecule has 0 aromatic carbocycles. The second-order valence-corrected chi connectivity index (χ2v) is 5.74. The van der Waals surface area contributed by atoms with Gasteiger partial charge in [0.25, 0.3) is 0 Å². The Balaban J connectivity index is 2.15. The summed E-state index contributed by atoms with van der Waals surface area (Å²) in [5.41, 5.74) is 0. The fourth-order valence-corrected chi connectivity index (χ4v) is 4.89. The van der Waals surface area contributed by atoms with Gasteiger partial charge in [-0.1, -0.05) is 41.9 Å². The minimum absolute atomic E-state index is 0.960. The van der Waals surface area contributed by atoms with E-state index < -0.39 is 0 Å². The number of hydrogen-bond acceptors (Lipinski definition) is 2. The minimum Gasteiger partial charge on any atom is -0.0904 e. The fraction of sp³-hybridized carbons (Fsp3) is 1.00. The van der Waals surface area contributed by atoms with Gasteiger partial charge in [0, 0.05) is 10.5 Å². The molecule has 2 atom stereocenters. The molecule has 1 aliphatic rings. The molecular formula is C8H16S2. The maximum atomic E-state index is 2.30. The lowest BCUT2D eigenvalue weighted by Crippen LogP contribution is -2.02. The lowest BCUT2D eigenvalue weighted by atomic mass is 10.1. The van der Waals surface area contributed by atoms with E-state index in [0.717, 1.165) is 10.5 Å². The first-order chi connectivity index (χ1) is 4.86. The zero-order chi connectivity index (χ0) is 7.40. The van der Waals surface area contributed by atoms with E-state index >= 15 is 0 Å². The van der Waals surface area contributed by atoms with Crippen LogP contribution >= 0.6 is 21.6 Å². The van der Waals surface area contributed by atoms with E-state index in [1.54, 1.807) is 0 Å². The highest BCUT2D eigenvalue weighted by molar-refractivity contribution is 8.77. The Morgan fingerprint density at radius 3 is 2.40 bits per heavy atom. The van der Waals surface area contributed by atoms with Gasteiger partial charge in [-0.25, -0.2) is 0 Å². The van der Waals surface area contributed by atoms with Crippen LogP contribution in [0.25, 0.3) is 0 Å². The van der Waals surface area contributed by atoms with Crippen LogP contribution in [0.4, 0.5) is 0 Å². The highest BCUT2D eigenvalue weighted by Crippen LogP contribution is 2.46. The van der Waals surface area contributed by atoms with Gasteiger partial charge in [0.2, 0.25) is 0 Å². The van der Waals surface area contributed by atoms with Crippen LogP contribution < -0.4 is 0 Å². The van der Waals surface area contributed by atoms with Crippen LogP contribution in [0, 0.1) is 0 Å².